The number of nitrogens with zero attached hydrogens (tertiary/aromatic N) is 2. The van der Waals surface area contributed by atoms with E-state index in [1.165, 1.54) is 18.2 Å². The first kappa shape index (κ1) is 21.4. The second kappa shape index (κ2) is 8.49. The van der Waals surface area contributed by atoms with Crippen LogP contribution in [-0.4, -0.2) is 15.8 Å². The molecule has 2 aromatic heterocycles. The van der Waals surface area contributed by atoms with E-state index in [9.17, 15) is 14.9 Å². The molecule has 0 atom stereocenters. The number of nitrogens with one attached hydrogen (secondary N) is 1. The van der Waals surface area contributed by atoms with Crippen molar-refractivity contribution in [3.05, 3.63) is 99.3 Å². The van der Waals surface area contributed by atoms with Gasteiger partial charge >= 0.3 is 0 Å². The molecular weight excluding hydrogens is 458 g/mol. The molecule has 0 aliphatic rings. The van der Waals surface area contributed by atoms with Crippen LogP contribution in [0.4, 0.5) is 11.4 Å². The van der Waals surface area contributed by atoms with Gasteiger partial charge < -0.3 is 14.2 Å². The van der Waals surface area contributed by atoms with Crippen molar-refractivity contribution >= 4 is 40.0 Å². The molecule has 1 amide bonds. The molecule has 0 unspecified atom stereocenters. The van der Waals surface area contributed by atoms with E-state index in [2.05, 4.69) is 10.3 Å². The molecule has 0 aliphatic heterocycles. The molecule has 3 aromatic carbocycles. The van der Waals surface area contributed by atoms with Crippen molar-refractivity contribution in [1.82, 2.24) is 4.98 Å². The molecular formula is C25H16ClN3O5. The van der Waals surface area contributed by atoms with Gasteiger partial charge in [0.15, 0.2) is 11.3 Å². The third kappa shape index (κ3) is 4.14. The number of oxazole rings is 1. The van der Waals surface area contributed by atoms with Gasteiger partial charge in [-0.15, -0.1) is 0 Å². The smallest absolute Gasteiger partial charge is 0.291 e. The quantitative estimate of drug-likeness (QED) is 0.220. The summed E-state index contributed by atoms with van der Waals surface area (Å²) in [5.41, 5.74) is 4.08. The summed E-state index contributed by atoms with van der Waals surface area (Å²) in [6.45, 7) is 1.98. The number of aromatic nitrogens is 1. The monoisotopic (exact) mass is 473 g/mol. The summed E-state index contributed by atoms with van der Waals surface area (Å²) in [6.07, 6.45) is 0. The number of aryl methyl sites for hydroxylation is 1. The van der Waals surface area contributed by atoms with E-state index in [1.54, 1.807) is 36.4 Å². The van der Waals surface area contributed by atoms with Crippen LogP contribution >= 0.6 is 11.6 Å². The van der Waals surface area contributed by atoms with Gasteiger partial charge in [0.25, 0.3) is 11.6 Å². The number of hydrogen-bond acceptors (Lipinski definition) is 6. The Balaban J connectivity index is 1.38. The van der Waals surface area contributed by atoms with Crippen molar-refractivity contribution in [2.24, 2.45) is 0 Å². The fraction of sp³-hybridized carbons (Fsp3) is 0.0400. The SMILES string of the molecule is Cc1ccc2oc(-c3ccc(Cl)c(NC(=O)c4ccc(-c5ccc([N+](=O)[O-])cc5)o4)c3)nc2c1. The maximum Gasteiger partial charge on any atom is 0.291 e. The number of rotatable bonds is 5. The third-order valence-corrected chi connectivity index (χ3v) is 5.53. The summed E-state index contributed by atoms with van der Waals surface area (Å²) in [4.78, 5) is 27.7. The maximum absolute atomic E-state index is 12.8. The van der Waals surface area contributed by atoms with Crippen molar-refractivity contribution in [3.63, 3.8) is 0 Å². The standard InChI is InChI=1S/C25H16ClN3O5/c1-14-2-9-22-20(12-14)28-25(34-22)16-5-8-18(26)19(13-16)27-24(30)23-11-10-21(33-23)15-3-6-17(7-4-15)29(31)32/h2-13H,1H3,(H,27,30). The lowest BCUT2D eigenvalue weighted by atomic mass is 10.1. The summed E-state index contributed by atoms with van der Waals surface area (Å²) in [6, 6.07) is 19.8. The van der Waals surface area contributed by atoms with Gasteiger partial charge in [0.1, 0.15) is 11.3 Å². The molecule has 5 aromatic rings. The molecule has 0 aliphatic carbocycles. The zero-order valence-electron chi connectivity index (χ0n) is 17.7. The van der Waals surface area contributed by atoms with Crippen LogP contribution in [-0.2, 0) is 0 Å². The van der Waals surface area contributed by atoms with Crippen LogP contribution in [0.25, 0.3) is 33.9 Å². The summed E-state index contributed by atoms with van der Waals surface area (Å²) in [7, 11) is 0. The molecule has 168 valence electrons. The van der Waals surface area contributed by atoms with E-state index >= 15 is 0 Å². The summed E-state index contributed by atoms with van der Waals surface area (Å²) in [5.74, 6) is 0.375. The first-order chi connectivity index (χ1) is 16.4. The van der Waals surface area contributed by atoms with Crippen molar-refractivity contribution in [2.45, 2.75) is 6.92 Å². The molecule has 0 fully saturated rings. The number of anilines is 1. The summed E-state index contributed by atoms with van der Waals surface area (Å²) in [5, 5.41) is 13.9. The molecule has 0 saturated heterocycles. The molecule has 1 N–H and O–H groups in total. The molecule has 0 radical (unpaired) electrons. The number of nitro groups is 1. The number of carbonyl (C=O) groups excluding carboxylic acids is 1. The number of furan rings is 1. The topological polar surface area (TPSA) is 111 Å². The van der Waals surface area contributed by atoms with Crippen LogP contribution in [0.1, 0.15) is 16.1 Å². The van der Waals surface area contributed by atoms with Crippen LogP contribution < -0.4 is 5.32 Å². The van der Waals surface area contributed by atoms with Gasteiger partial charge in [-0.25, -0.2) is 4.98 Å². The first-order valence-corrected chi connectivity index (χ1v) is 10.6. The van der Waals surface area contributed by atoms with Crippen LogP contribution in [0, 0.1) is 17.0 Å². The minimum atomic E-state index is -0.500. The van der Waals surface area contributed by atoms with Gasteiger partial charge in [0, 0.05) is 23.3 Å². The maximum atomic E-state index is 12.8. The Hall–Kier alpha value is -4.43. The Morgan fingerprint density at radius 2 is 1.74 bits per heavy atom. The van der Waals surface area contributed by atoms with E-state index in [-0.39, 0.29) is 11.4 Å². The Morgan fingerprint density at radius 1 is 0.971 bits per heavy atom. The van der Waals surface area contributed by atoms with Crippen LogP contribution in [0.3, 0.4) is 0 Å². The summed E-state index contributed by atoms with van der Waals surface area (Å²) >= 11 is 6.30. The number of carbonyl (C=O) groups is 1. The van der Waals surface area contributed by atoms with Crippen molar-refractivity contribution in [3.8, 4) is 22.8 Å². The fourth-order valence-electron chi connectivity index (χ4n) is 3.46. The minimum Gasteiger partial charge on any atom is -0.451 e. The van der Waals surface area contributed by atoms with Gasteiger partial charge in [-0.3, -0.25) is 14.9 Å². The lowest BCUT2D eigenvalue weighted by Crippen LogP contribution is -2.11. The molecule has 5 rings (SSSR count). The van der Waals surface area contributed by atoms with Gasteiger partial charge in [-0.2, -0.15) is 0 Å². The van der Waals surface area contributed by atoms with E-state index in [0.717, 1.165) is 11.1 Å². The van der Waals surface area contributed by atoms with Crippen LogP contribution in [0.2, 0.25) is 5.02 Å². The number of amides is 1. The van der Waals surface area contributed by atoms with Gasteiger partial charge in [0.05, 0.1) is 15.6 Å². The van der Waals surface area contributed by atoms with Crippen molar-refractivity contribution in [1.29, 1.82) is 0 Å². The number of fused-ring (bicyclic) bond motifs is 1. The first-order valence-electron chi connectivity index (χ1n) is 10.2. The lowest BCUT2D eigenvalue weighted by Gasteiger charge is -2.07. The van der Waals surface area contributed by atoms with E-state index in [1.807, 2.05) is 25.1 Å². The van der Waals surface area contributed by atoms with Crippen LogP contribution in [0.15, 0.2) is 81.6 Å². The Kier molecular flexibility index (Phi) is 5.35. The Labute approximate surface area is 197 Å². The number of nitro benzene ring substituents is 1. The minimum absolute atomic E-state index is 0.0307. The van der Waals surface area contributed by atoms with Crippen molar-refractivity contribution < 1.29 is 18.6 Å². The van der Waals surface area contributed by atoms with Crippen molar-refractivity contribution in [2.75, 3.05) is 5.32 Å². The Morgan fingerprint density at radius 3 is 2.50 bits per heavy atom. The zero-order chi connectivity index (χ0) is 23.8. The van der Waals surface area contributed by atoms with Crippen LogP contribution in [0.5, 0.6) is 0 Å². The second-order valence-electron chi connectivity index (χ2n) is 7.61. The molecule has 9 heteroatoms. The largest absolute Gasteiger partial charge is 0.451 e. The van der Waals surface area contributed by atoms with Gasteiger partial charge in [0.2, 0.25) is 5.89 Å². The average molecular weight is 474 g/mol. The number of hydrogen-bond donors (Lipinski definition) is 1. The molecule has 34 heavy (non-hydrogen) atoms. The molecule has 0 saturated carbocycles. The third-order valence-electron chi connectivity index (χ3n) is 5.20. The highest BCUT2D eigenvalue weighted by Crippen LogP contribution is 2.31. The normalized spacial score (nSPS) is 11.0. The molecule has 8 nitrogen and oxygen atoms in total. The predicted molar refractivity (Wildman–Crippen MR) is 128 cm³/mol. The second-order valence-corrected chi connectivity index (χ2v) is 8.01. The average Bonchev–Trinajstić information content (AvgIpc) is 3.48. The summed E-state index contributed by atoms with van der Waals surface area (Å²) < 4.78 is 11.5. The predicted octanol–water partition coefficient (Wildman–Crippen LogP) is 6.88. The van der Waals surface area contributed by atoms with Gasteiger partial charge in [-0.1, -0.05) is 17.7 Å². The lowest BCUT2D eigenvalue weighted by molar-refractivity contribution is -0.384. The molecule has 0 bridgehead atoms. The number of non-ortho nitro benzene ring substituents is 1. The highest BCUT2D eigenvalue weighted by Gasteiger charge is 2.17. The fourth-order valence-corrected chi connectivity index (χ4v) is 3.63. The number of benzene rings is 3. The zero-order valence-corrected chi connectivity index (χ0v) is 18.5. The highest BCUT2D eigenvalue weighted by molar-refractivity contribution is 6.34. The molecule has 0 spiro atoms. The Bertz CT molecular complexity index is 1550. The number of halogens is 1. The van der Waals surface area contributed by atoms with E-state index < -0.39 is 10.8 Å². The van der Waals surface area contributed by atoms with E-state index in [0.29, 0.717) is 39.1 Å². The highest BCUT2D eigenvalue weighted by atomic mass is 35.5. The van der Waals surface area contributed by atoms with Gasteiger partial charge in [-0.05, 0) is 67.1 Å². The van der Waals surface area contributed by atoms with E-state index in [4.69, 9.17) is 20.4 Å². The molecule has 2 heterocycles.